The predicted octanol–water partition coefficient (Wildman–Crippen LogP) is 10.1. The number of ether oxygens (including phenoxy) is 1. The van der Waals surface area contributed by atoms with Crippen LogP contribution in [0, 0.1) is 20.2 Å². The molecule has 14 nitrogen and oxygen atoms in total. The predicted molar refractivity (Wildman–Crippen MR) is 216 cm³/mol. The monoisotopic (exact) mass is 839 g/mol. The number of carbonyl (C=O) groups excluding carboxylic acids is 2. The summed E-state index contributed by atoms with van der Waals surface area (Å²) in [6.45, 7) is 3.60. The molecule has 18 heteroatoms. The summed E-state index contributed by atoms with van der Waals surface area (Å²) in [7, 11) is 0. The van der Waals surface area contributed by atoms with E-state index < -0.39 is 21.7 Å². The molecule has 0 spiro atoms. The Hall–Kier alpha value is -4.70. The number of nitrogens with two attached hydrogens (primary N) is 1. The van der Waals surface area contributed by atoms with E-state index in [0.717, 1.165) is 31.7 Å². The Morgan fingerprint density at radius 3 is 1.71 bits per heavy atom. The number of phenols is 1. The molecule has 0 saturated heterocycles. The van der Waals surface area contributed by atoms with Crippen LogP contribution in [-0.2, 0) is 0 Å². The van der Waals surface area contributed by atoms with Crippen molar-refractivity contribution in [1.82, 2.24) is 0 Å². The highest BCUT2D eigenvalue weighted by Gasteiger charge is 2.18. The van der Waals surface area contributed by atoms with E-state index in [9.17, 15) is 34.9 Å². The number of phenolic OH excluding ortho intramolecular Hbond substituents is 1. The number of nitrogens with zero attached hydrogens (tertiary/aromatic N) is 2. The zero-order valence-corrected chi connectivity index (χ0v) is 32.8. The van der Waals surface area contributed by atoms with Crippen LogP contribution in [0.4, 0.5) is 22.7 Å². The number of nitro groups is 2. The minimum atomic E-state index is -0.634. The molecular formula is C37H41Cl4N5O9. The number of rotatable bonds is 16. The van der Waals surface area contributed by atoms with E-state index in [-0.39, 0.29) is 54.7 Å². The number of amides is 2. The number of hydrogen-bond donors (Lipinski definition) is 5. The van der Waals surface area contributed by atoms with Gasteiger partial charge in [-0.2, -0.15) is 0 Å². The van der Waals surface area contributed by atoms with Gasteiger partial charge in [0.15, 0.2) is 0 Å². The van der Waals surface area contributed by atoms with Crippen LogP contribution in [0.15, 0.2) is 72.8 Å². The number of aliphatic hydroxyl groups excluding tert-OH is 1. The summed E-state index contributed by atoms with van der Waals surface area (Å²) in [6.07, 6.45) is 7.34. The third-order valence-corrected chi connectivity index (χ3v) is 8.43. The lowest BCUT2D eigenvalue weighted by atomic mass is 10.1. The molecule has 0 aliphatic heterocycles. The van der Waals surface area contributed by atoms with Crippen LogP contribution in [0.2, 0.25) is 20.1 Å². The number of non-ortho nitro benzene ring substituents is 2. The standard InChI is InChI=1S/C18H19Cl2N3O4.C13H8Cl2N2O4.C6H14O/c19-12-4-7-17(27-9-3-1-2-8-21)14(10-12)18(24)22-16-6-5-13(23(25)26)11-15(16)20;14-7-1-4-12(18)9(5-7)13(19)16-11-3-2-8(17(20)21)6-10(11)15;1-2-3-4-5-6-7/h4-7,10-11H,1-3,8-9,21H2,(H,22,24);1-6,18H,(H,16,19);7H,2-6H2,1H3. The van der Waals surface area contributed by atoms with E-state index in [4.69, 9.17) is 62.0 Å². The molecule has 0 aromatic heterocycles. The molecule has 0 aliphatic rings. The molecule has 0 radical (unpaired) electrons. The van der Waals surface area contributed by atoms with Gasteiger partial charge in [0, 0.05) is 40.9 Å². The number of aromatic hydroxyl groups is 1. The van der Waals surface area contributed by atoms with Crippen molar-refractivity contribution in [1.29, 1.82) is 0 Å². The molecule has 0 bridgehead atoms. The van der Waals surface area contributed by atoms with Gasteiger partial charge in [0.25, 0.3) is 23.2 Å². The van der Waals surface area contributed by atoms with Crippen LogP contribution >= 0.6 is 46.4 Å². The van der Waals surface area contributed by atoms with Gasteiger partial charge in [-0.1, -0.05) is 72.6 Å². The molecular weight excluding hydrogens is 800 g/mol. The Bertz CT molecular complexity index is 1910. The first-order chi connectivity index (χ1) is 26.2. The lowest BCUT2D eigenvalue weighted by molar-refractivity contribution is -0.385. The van der Waals surface area contributed by atoms with E-state index in [2.05, 4.69) is 17.6 Å². The molecule has 0 saturated carbocycles. The summed E-state index contributed by atoms with van der Waals surface area (Å²) in [5.41, 5.74) is 5.75. The molecule has 0 unspecified atom stereocenters. The number of anilines is 2. The third-order valence-electron chi connectivity index (χ3n) is 7.33. The Balaban J connectivity index is 0.000000331. The first-order valence-corrected chi connectivity index (χ1v) is 18.5. The van der Waals surface area contributed by atoms with Gasteiger partial charge in [0.05, 0.1) is 49.0 Å². The Kier molecular flexibility index (Phi) is 20.8. The zero-order valence-electron chi connectivity index (χ0n) is 29.7. The molecule has 296 valence electrons. The van der Waals surface area contributed by atoms with Crippen molar-refractivity contribution in [2.24, 2.45) is 5.73 Å². The van der Waals surface area contributed by atoms with Crippen molar-refractivity contribution < 1.29 is 34.4 Å². The first-order valence-electron chi connectivity index (χ1n) is 16.9. The van der Waals surface area contributed by atoms with Crippen LogP contribution in [0.1, 0.15) is 72.6 Å². The minimum Gasteiger partial charge on any atom is -0.507 e. The van der Waals surface area contributed by atoms with Crippen molar-refractivity contribution in [2.45, 2.75) is 51.9 Å². The number of halogens is 4. The average Bonchev–Trinajstić information content (AvgIpc) is 3.15. The van der Waals surface area contributed by atoms with E-state index in [1.807, 2.05) is 0 Å². The summed E-state index contributed by atoms with van der Waals surface area (Å²) in [5.74, 6) is -0.964. The summed E-state index contributed by atoms with van der Waals surface area (Å²) in [4.78, 5) is 44.9. The van der Waals surface area contributed by atoms with Gasteiger partial charge in [-0.25, -0.2) is 0 Å². The molecule has 0 aliphatic carbocycles. The number of nitrogens with one attached hydrogen (secondary N) is 2. The fraction of sp³-hybridized carbons (Fsp3) is 0.297. The maximum Gasteiger partial charge on any atom is 0.271 e. The lowest BCUT2D eigenvalue weighted by Gasteiger charge is -2.13. The van der Waals surface area contributed by atoms with Crippen LogP contribution in [0.3, 0.4) is 0 Å². The second-order valence-corrected chi connectivity index (χ2v) is 13.2. The van der Waals surface area contributed by atoms with Gasteiger partial charge in [-0.15, -0.1) is 0 Å². The summed E-state index contributed by atoms with van der Waals surface area (Å²) in [5, 5.41) is 45.1. The molecule has 0 atom stereocenters. The van der Waals surface area contributed by atoms with Gasteiger partial charge in [0.1, 0.15) is 11.5 Å². The maximum absolute atomic E-state index is 12.6. The molecule has 55 heavy (non-hydrogen) atoms. The molecule has 6 N–H and O–H groups in total. The summed E-state index contributed by atoms with van der Waals surface area (Å²) >= 11 is 23.7. The second kappa shape index (κ2) is 24.7. The van der Waals surface area contributed by atoms with Crippen molar-refractivity contribution in [3.8, 4) is 11.5 Å². The molecule has 4 rings (SSSR count). The van der Waals surface area contributed by atoms with Crippen LogP contribution in [0.5, 0.6) is 11.5 Å². The largest absolute Gasteiger partial charge is 0.507 e. The SMILES string of the molecule is CCCCCCO.NCCCCCOc1ccc(Cl)cc1C(=O)Nc1ccc([N+](=O)[O-])cc1Cl.O=C(Nc1ccc([N+](=O)[O-])cc1Cl)c1cc(Cl)ccc1O. The second-order valence-electron chi connectivity index (χ2n) is 11.5. The normalized spacial score (nSPS) is 10.2. The molecule has 0 heterocycles. The van der Waals surface area contributed by atoms with E-state index >= 15 is 0 Å². The Morgan fingerprint density at radius 2 is 1.22 bits per heavy atom. The number of aliphatic hydroxyl groups is 1. The number of nitro benzene ring substituents is 2. The Morgan fingerprint density at radius 1 is 0.709 bits per heavy atom. The van der Waals surface area contributed by atoms with Crippen molar-refractivity contribution in [3.63, 3.8) is 0 Å². The van der Waals surface area contributed by atoms with E-state index in [1.54, 1.807) is 12.1 Å². The summed E-state index contributed by atoms with van der Waals surface area (Å²) in [6, 6.07) is 16.2. The van der Waals surface area contributed by atoms with Gasteiger partial charge in [-0.3, -0.25) is 29.8 Å². The highest BCUT2D eigenvalue weighted by Crippen LogP contribution is 2.30. The molecule has 0 fully saturated rings. The van der Waals surface area contributed by atoms with Crippen molar-refractivity contribution in [2.75, 3.05) is 30.4 Å². The lowest BCUT2D eigenvalue weighted by Crippen LogP contribution is -2.14. The molecule has 4 aromatic carbocycles. The number of unbranched alkanes of at least 4 members (excludes halogenated alkanes) is 5. The van der Waals surface area contributed by atoms with E-state index in [0.29, 0.717) is 30.5 Å². The van der Waals surface area contributed by atoms with Crippen LogP contribution in [0.25, 0.3) is 0 Å². The fourth-order valence-electron chi connectivity index (χ4n) is 4.46. The minimum absolute atomic E-state index is 0.0130. The number of benzene rings is 4. The highest BCUT2D eigenvalue weighted by molar-refractivity contribution is 6.35. The summed E-state index contributed by atoms with van der Waals surface area (Å²) < 4.78 is 5.70. The number of hydrogen-bond acceptors (Lipinski definition) is 10. The smallest absolute Gasteiger partial charge is 0.271 e. The van der Waals surface area contributed by atoms with Gasteiger partial charge < -0.3 is 31.3 Å². The molecule has 4 aromatic rings. The van der Waals surface area contributed by atoms with Crippen molar-refractivity contribution in [3.05, 3.63) is 124 Å². The quantitative estimate of drug-likeness (QED) is 0.0408. The average molecular weight is 842 g/mol. The van der Waals surface area contributed by atoms with Crippen LogP contribution in [-0.4, -0.2) is 51.6 Å². The zero-order chi connectivity index (χ0) is 40.9. The third kappa shape index (κ3) is 16.3. The van der Waals surface area contributed by atoms with E-state index in [1.165, 1.54) is 73.9 Å². The topological polar surface area (TPSA) is 220 Å². The van der Waals surface area contributed by atoms with Gasteiger partial charge >= 0.3 is 0 Å². The van der Waals surface area contributed by atoms with Crippen molar-refractivity contribution >= 4 is 81.0 Å². The maximum atomic E-state index is 12.6. The Labute approximate surface area is 337 Å². The van der Waals surface area contributed by atoms with Gasteiger partial charge in [0.2, 0.25) is 0 Å². The number of carbonyl (C=O) groups is 2. The first kappa shape index (κ1) is 46.5. The van der Waals surface area contributed by atoms with Crippen LogP contribution < -0.4 is 21.1 Å². The fourth-order valence-corrected chi connectivity index (χ4v) is 5.25. The highest BCUT2D eigenvalue weighted by atomic mass is 35.5. The van der Waals surface area contributed by atoms with Gasteiger partial charge in [-0.05, 0) is 80.8 Å². The molecule has 2 amide bonds.